The quantitative estimate of drug-likeness (QED) is 0.822. The third-order valence-corrected chi connectivity index (χ3v) is 2.76. The Morgan fingerprint density at radius 1 is 1.53 bits per heavy atom. The van der Waals surface area contributed by atoms with Gasteiger partial charge in [0.2, 0.25) is 0 Å². The van der Waals surface area contributed by atoms with Gasteiger partial charge in [-0.2, -0.15) is 5.10 Å². The number of hydrogen-bond donors (Lipinski definition) is 1. The highest BCUT2D eigenvalue weighted by Gasteiger charge is 2.20. The van der Waals surface area contributed by atoms with Crippen molar-refractivity contribution in [2.45, 2.75) is 20.4 Å². The Morgan fingerprint density at radius 3 is 2.84 bits per heavy atom. The average molecular weight is 263 g/mol. The minimum Gasteiger partial charge on any atom is -0.461 e. The first-order chi connectivity index (χ1) is 9.02. The van der Waals surface area contributed by atoms with Gasteiger partial charge in [-0.3, -0.25) is 4.68 Å². The average Bonchev–Trinajstić information content (AvgIpc) is 2.88. The number of imidazole rings is 1. The van der Waals surface area contributed by atoms with Crippen molar-refractivity contribution in [3.63, 3.8) is 0 Å². The smallest absolute Gasteiger partial charge is 0.360 e. The lowest BCUT2D eigenvalue weighted by Crippen LogP contribution is -2.11. The third-order valence-electron chi connectivity index (χ3n) is 2.76. The lowest BCUT2D eigenvalue weighted by atomic mass is 10.4. The number of rotatable bonds is 4. The second kappa shape index (κ2) is 5.13. The zero-order chi connectivity index (χ0) is 14.0. The summed E-state index contributed by atoms with van der Waals surface area (Å²) >= 11 is 0. The molecule has 0 saturated carbocycles. The lowest BCUT2D eigenvalue weighted by Gasteiger charge is -2.05. The molecular formula is C12H17N5O2. The molecule has 0 aliphatic rings. The molecule has 2 N–H and O–H groups in total. The van der Waals surface area contributed by atoms with Gasteiger partial charge in [-0.15, -0.1) is 0 Å². The third kappa shape index (κ3) is 2.59. The highest BCUT2D eigenvalue weighted by atomic mass is 16.5. The number of nitrogens with two attached hydrogens (primary N) is 1. The predicted molar refractivity (Wildman–Crippen MR) is 69.6 cm³/mol. The Balaban J connectivity index is 2.29. The minimum absolute atomic E-state index is 0.162. The first-order valence-corrected chi connectivity index (χ1v) is 6.01. The van der Waals surface area contributed by atoms with Crippen molar-refractivity contribution >= 4 is 11.8 Å². The van der Waals surface area contributed by atoms with Gasteiger partial charge in [-0.05, 0) is 19.9 Å². The van der Waals surface area contributed by atoms with Crippen molar-refractivity contribution in [2.24, 2.45) is 7.05 Å². The van der Waals surface area contributed by atoms with E-state index in [0.717, 1.165) is 5.69 Å². The molecule has 0 fully saturated rings. The summed E-state index contributed by atoms with van der Waals surface area (Å²) in [7, 11) is 1.84. The zero-order valence-electron chi connectivity index (χ0n) is 11.3. The van der Waals surface area contributed by atoms with E-state index in [1.165, 1.54) is 0 Å². The molecule has 102 valence electrons. The van der Waals surface area contributed by atoms with Crippen LogP contribution in [0.3, 0.4) is 0 Å². The fourth-order valence-electron chi connectivity index (χ4n) is 1.84. The molecule has 0 aliphatic carbocycles. The SMILES string of the molecule is CCOC(=O)c1nc(C)n(Cc2ccn(C)n2)c1N. The van der Waals surface area contributed by atoms with Crippen LogP contribution in [0.5, 0.6) is 0 Å². The first-order valence-electron chi connectivity index (χ1n) is 6.01. The second-order valence-corrected chi connectivity index (χ2v) is 4.18. The molecular weight excluding hydrogens is 246 g/mol. The summed E-state index contributed by atoms with van der Waals surface area (Å²) in [6, 6.07) is 1.89. The number of esters is 1. The van der Waals surface area contributed by atoms with Gasteiger partial charge in [0.1, 0.15) is 11.6 Å². The van der Waals surface area contributed by atoms with Gasteiger partial charge in [0, 0.05) is 13.2 Å². The van der Waals surface area contributed by atoms with E-state index < -0.39 is 5.97 Å². The van der Waals surface area contributed by atoms with Gasteiger partial charge >= 0.3 is 5.97 Å². The van der Waals surface area contributed by atoms with Gasteiger partial charge in [0.15, 0.2) is 5.69 Å². The minimum atomic E-state index is -0.497. The zero-order valence-corrected chi connectivity index (χ0v) is 11.3. The number of nitrogen functional groups attached to an aromatic ring is 1. The van der Waals surface area contributed by atoms with Crippen LogP contribution in [0.15, 0.2) is 12.3 Å². The summed E-state index contributed by atoms with van der Waals surface area (Å²) in [5.74, 6) is 0.468. The van der Waals surface area contributed by atoms with E-state index in [9.17, 15) is 4.79 Å². The molecule has 0 aromatic carbocycles. The van der Waals surface area contributed by atoms with Crippen LogP contribution in [-0.2, 0) is 18.3 Å². The van der Waals surface area contributed by atoms with Gasteiger partial charge in [0.25, 0.3) is 0 Å². The molecule has 7 heteroatoms. The molecule has 0 radical (unpaired) electrons. The van der Waals surface area contributed by atoms with Crippen LogP contribution in [0.4, 0.5) is 5.82 Å². The fourth-order valence-corrected chi connectivity index (χ4v) is 1.84. The van der Waals surface area contributed by atoms with Crippen molar-refractivity contribution in [1.82, 2.24) is 19.3 Å². The summed E-state index contributed by atoms with van der Waals surface area (Å²) < 4.78 is 8.37. The molecule has 0 unspecified atom stereocenters. The van der Waals surface area contributed by atoms with Crippen molar-refractivity contribution in [1.29, 1.82) is 0 Å². The van der Waals surface area contributed by atoms with Crippen LogP contribution >= 0.6 is 0 Å². The summed E-state index contributed by atoms with van der Waals surface area (Å²) in [5.41, 5.74) is 6.97. The van der Waals surface area contributed by atoms with Crippen LogP contribution < -0.4 is 5.73 Å². The molecule has 2 heterocycles. The molecule has 2 rings (SSSR count). The van der Waals surface area contributed by atoms with Gasteiger partial charge in [-0.25, -0.2) is 9.78 Å². The topological polar surface area (TPSA) is 88.0 Å². The molecule has 0 atom stereocenters. The van der Waals surface area contributed by atoms with Crippen molar-refractivity contribution in [3.05, 3.63) is 29.5 Å². The number of carbonyl (C=O) groups excluding carboxylic acids is 1. The Labute approximate surface area is 111 Å². The van der Waals surface area contributed by atoms with Crippen molar-refractivity contribution in [3.8, 4) is 0 Å². The largest absolute Gasteiger partial charge is 0.461 e. The number of aromatic nitrogens is 4. The number of carbonyl (C=O) groups is 1. The van der Waals surface area contributed by atoms with E-state index in [1.54, 1.807) is 23.1 Å². The number of ether oxygens (including phenoxy) is 1. The normalized spacial score (nSPS) is 10.7. The first kappa shape index (κ1) is 13.1. The van der Waals surface area contributed by atoms with E-state index in [-0.39, 0.29) is 5.69 Å². The predicted octanol–water partition coefficient (Wildman–Crippen LogP) is 0.732. The Morgan fingerprint density at radius 2 is 2.26 bits per heavy atom. The molecule has 7 nitrogen and oxygen atoms in total. The molecule has 0 bridgehead atoms. The standard InChI is InChI=1S/C12H17N5O2/c1-4-19-12(18)10-11(13)17(8(2)14-10)7-9-5-6-16(3)15-9/h5-6H,4,7,13H2,1-3H3. The maximum Gasteiger partial charge on any atom is 0.360 e. The second-order valence-electron chi connectivity index (χ2n) is 4.18. The fraction of sp³-hybridized carbons (Fsp3) is 0.417. The van der Waals surface area contributed by atoms with Gasteiger partial charge in [0.05, 0.1) is 18.8 Å². The Kier molecular flexibility index (Phi) is 3.55. The molecule has 19 heavy (non-hydrogen) atoms. The summed E-state index contributed by atoms with van der Waals surface area (Å²) in [4.78, 5) is 15.9. The molecule has 0 saturated heterocycles. The van der Waals surface area contributed by atoms with Crippen LogP contribution in [0, 0.1) is 6.92 Å². The van der Waals surface area contributed by atoms with Crippen molar-refractivity contribution < 1.29 is 9.53 Å². The maximum absolute atomic E-state index is 11.7. The van der Waals surface area contributed by atoms with Crippen LogP contribution in [0.1, 0.15) is 28.9 Å². The van der Waals surface area contributed by atoms with Crippen LogP contribution in [0.25, 0.3) is 0 Å². The summed E-state index contributed by atoms with van der Waals surface area (Å²) in [5, 5.41) is 4.27. The summed E-state index contributed by atoms with van der Waals surface area (Å²) in [6.45, 7) is 4.31. The molecule has 2 aromatic heterocycles. The molecule has 0 amide bonds. The van der Waals surface area contributed by atoms with Gasteiger partial charge < -0.3 is 15.0 Å². The maximum atomic E-state index is 11.7. The van der Waals surface area contributed by atoms with Crippen LogP contribution in [0.2, 0.25) is 0 Å². The van der Waals surface area contributed by atoms with E-state index in [1.807, 2.05) is 19.3 Å². The number of nitrogens with zero attached hydrogens (tertiary/aromatic N) is 4. The van der Waals surface area contributed by atoms with E-state index in [0.29, 0.717) is 24.8 Å². The Hall–Kier alpha value is -2.31. The van der Waals surface area contributed by atoms with E-state index in [4.69, 9.17) is 10.5 Å². The molecule has 0 spiro atoms. The Bertz CT molecular complexity index is 599. The van der Waals surface area contributed by atoms with E-state index in [2.05, 4.69) is 10.1 Å². The monoisotopic (exact) mass is 263 g/mol. The van der Waals surface area contributed by atoms with Gasteiger partial charge in [-0.1, -0.05) is 0 Å². The molecule has 2 aromatic rings. The lowest BCUT2D eigenvalue weighted by molar-refractivity contribution is 0.0521. The number of hydrogen-bond acceptors (Lipinski definition) is 5. The highest BCUT2D eigenvalue weighted by Crippen LogP contribution is 2.16. The summed E-state index contributed by atoms with van der Waals surface area (Å²) in [6.07, 6.45) is 1.85. The van der Waals surface area contributed by atoms with Crippen LogP contribution in [-0.4, -0.2) is 31.9 Å². The van der Waals surface area contributed by atoms with Crippen molar-refractivity contribution in [2.75, 3.05) is 12.3 Å². The highest BCUT2D eigenvalue weighted by molar-refractivity contribution is 5.92. The number of aryl methyl sites for hydroxylation is 2. The van der Waals surface area contributed by atoms with E-state index >= 15 is 0 Å². The number of anilines is 1. The molecule has 0 aliphatic heterocycles.